The molecule has 1 aromatic carbocycles. The summed E-state index contributed by atoms with van der Waals surface area (Å²) in [5.41, 5.74) is 1.91. The number of hydrogen-bond acceptors (Lipinski definition) is 6. The molecule has 3 N–H and O–H groups in total. The third kappa shape index (κ3) is 3.08. The number of benzene rings is 1. The lowest BCUT2D eigenvalue weighted by atomic mass is 10.1. The van der Waals surface area contributed by atoms with Crippen molar-refractivity contribution in [3.63, 3.8) is 0 Å². The number of amides is 2. The number of aliphatic hydroxyl groups is 1. The first kappa shape index (κ1) is 15.6. The molecule has 0 spiro atoms. The average Bonchev–Trinajstić information content (AvgIpc) is 2.84. The Bertz CT molecular complexity index is 850. The number of rotatable bonds is 5. The molecular formula is C16H14N4O4. The van der Waals surface area contributed by atoms with Gasteiger partial charge in [-0.05, 0) is 18.2 Å². The zero-order valence-corrected chi connectivity index (χ0v) is 12.5. The fourth-order valence-electron chi connectivity index (χ4n) is 2.29. The second kappa shape index (κ2) is 6.47. The topological polar surface area (TPSA) is 115 Å². The van der Waals surface area contributed by atoms with E-state index in [1.54, 1.807) is 30.3 Å². The van der Waals surface area contributed by atoms with Gasteiger partial charge in [-0.2, -0.15) is 5.10 Å². The Morgan fingerprint density at radius 2 is 1.83 bits per heavy atom. The van der Waals surface area contributed by atoms with E-state index in [-0.39, 0.29) is 24.4 Å². The molecule has 1 aliphatic rings. The summed E-state index contributed by atoms with van der Waals surface area (Å²) >= 11 is 0. The molecule has 2 heterocycles. The van der Waals surface area contributed by atoms with Gasteiger partial charge < -0.3 is 10.4 Å². The fourth-order valence-corrected chi connectivity index (χ4v) is 2.29. The van der Waals surface area contributed by atoms with Crippen molar-refractivity contribution in [3.8, 4) is 11.3 Å². The van der Waals surface area contributed by atoms with Crippen LogP contribution in [0, 0.1) is 0 Å². The predicted molar refractivity (Wildman–Crippen MR) is 85.8 cm³/mol. The molecule has 24 heavy (non-hydrogen) atoms. The minimum absolute atomic E-state index is 0.0316. The number of aromatic amines is 1. The van der Waals surface area contributed by atoms with Crippen molar-refractivity contribution >= 4 is 17.5 Å². The zero-order valence-electron chi connectivity index (χ0n) is 12.5. The van der Waals surface area contributed by atoms with Crippen LogP contribution in [-0.2, 0) is 9.59 Å². The number of nitrogens with one attached hydrogen (secondary N) is 2. The van der Waals surface area contributed by atoms with Crippen LogP contribution in [0.5, 0.6) is 0 Å². The van der Waals surface area contributed by atoms with Crippen molar-refractivity contribution in [1.29, 1.82) is 0 Å². The molecule has 0 fully saturated rings. The van der Waals surface area contributed by atoms with E-state index < -0.39 is 11.8 Å². The lowest BCUT2D eigenvalue weighted by Crippen LogP contribution is -2.34. The number of imide groups is 1. The molecule has 2 amide bonds. The molecule has 1 aliphatic heterocycles. The van der Waals surface area contributed by atoms with Crippen LogP contribution in [0.1, 0.15) is 0 Å². The molecule has 0 unspecified atom stereocenters. The Morgan fingerprint density at radius 1 is 1.08 bits per heavy atom. The van der Waals surface area contributed by atoms with Crippen molar-refractivity contribution in [3.05, 3.63) is 58.5 Å². The molecule has 0 saturated heterocycles. The van der Waals surface area contributed by atoms with Crippen molar-refractivity contribution in [2.24, 2.45) is 0 Å². The molecule has 3 rings (SSSR count). The summed E-state index contributed by atoms with van der Waals surface area (Å²) in [6.45, 7) is -0.310. The highest BCUT2D eigenvalue weighted by molar-refractivity contribution is 6.17. The first-order valence-electron chi connectivity index (χ1n) is 7.20. The van der Waals surface area contributed by atoms with Crippen molar-refractivity contribution in [2.45, 2.75) is 0 Å². The highest BCUT2D eigenvalue weighted by atomic mass is 16.3. The van der Waals surface area contributed by atoms with Crippen LogP contribution < -0.4 is 10.9 Å². The van der Waals surface area contributed by atoms with Gasteiger partial charge in [0, 0.05) is 23.4 Å². The second-order valence-corrected chi connectivity index (χ2v) is 5.09. The van der Waals surface area contributed by atoms with E-state index in [0.717, 1.165) is 10.5 Å². The number of aromatic nitrogens is 2. The molecule has 2 aromatic rings. The maximum atomic E-state index is 12.1. The Balaban J connectivity index is 1.74. The third-order valence-corrected chi connectivity index (χ3v) is 3.47. The molecule has 0 aliphatic carbocycles. The summed E-state index contributed by atoms with van der Waals surface area (Å²) < 4.78 is 0. The van der Waals surface area contributed by atoms with E-state index in [0.29, 0.717) is 11.4 Å². The van der Waals surface area contributed by atoms with E-state index in [9.17, 15) is 14.4 Å². The van der Waals surface area contributed by atoms with E-state index >= 15 is 0 Å². The summed E-state index contributed by atoms with van der Waals surface area (Å²) in [6.07, 6.45) is 1.20. The Hall–Kier alpha value is -3.26. The molecule has 8 heteroatoms. The minimum atomic E-state index is -0.472. The third-order valence-electron chi connectivity index (χ3n) is 3.47. The van der Waals surface area contributed by atoms with Crippen LogP contribution in [0.15, 0.2) is 53.0 Å². The fraction of sp³-hybridized carbons (Fsp3) is 0.125. The monoisotopic (exact) mass is 326 g/mol. The van der Waals surface area contributed by atoms with Gasteiger partial charge in [0.2, 0.25) is 0 Å². The molecule has 8 nitrogen and oxygen atoms in total. The lowest BCUT2D eigenvalue weighted by Gasteiger charge is -2.13. The standard InChI is InChI=1S/C16H14N4O4/c21-8-7-20-15(23)9-13(16(20)24)17-11-3-1-10(2-4-11)12-5-6-14(22)19-18-12/h1-6,9,17,21H,7-8H2,(H,19,22). The Kier molecular flexibility index (Phi) is 4.21. The van der Waals surface area contributed by atoms with Crippen molar-refractivity contribution < 1.29 is 14.7 Å². The number of carbonyl (C=O) groups is 2. The SMILES string of the molecule is O=C1C=C(Nc2ccc(-c3ccc(=O)[nH]n3)cc2)C(=O)N1CCO. The van der Waals surface area contributed by atoms with Crippen molar-refractivity contribution in [1.82, 2.24) is 15.1 Å². The molecule has 0 saturated carbocycles. The highest BCUT2D eigenvalue weighted by Crippen LogP contribution is 2.21. The number of anilines is 1. The normalized spacial score (nSPS) is 14.0. The number of carbonyl (C=O) groups excluding carboxylic acids is 2. The zero-order chi connectivity index (χ0) is 17.1. The van der Waals surface area contributed by atoms with Crippen LogP contribution in [0.2, 0.25) is 0 Å². The smallest absolute Gasteiger partial charge is 0.277 e. The molecule has 1 aromatic heterocycles. The van der Waals surface area contributed by atoms with E-state index in [2.05, 4.69) is 15.5 Å². The second-order valence-electron chi connectivity index (χ2n) is 5.09. The summed E-state index contributed by atoms with van der Waals surface area (Å²) in [5.74, 6) is -0.925. The number of β-amino-alcohol motifs (C(OH)–C–C–N with tert-alkyl or cyclic N) is 1. The molecule has 122 valence electrons. The van der Waals surface area contributed by atoms with Gasteiger partial charge in [-0.25, -0.2) is 5.10 Å². The number of H-pyrrole nitrogens is 1. The molecule has 0 bridgehead atoms. The summed E-state index contributed by atoms with van der Waals surface area (Å²) in [6, 6.07) is 10.0. The summed E-state index contributed by atoms with van der Waals surface area (Å²) in [5, 5.41) is 18.1. The first-order valence-corrected chi connectivity index (χ1v) is 7.20. The van der Waals surface area contributed by atoms with E-state index in [1.807, 2.05) is 0 Å². The van der Waals surface area contributed by atoms with Gasteiger partial charge in [0.1, 0.15) is 5.70 Å². The van der Waals surface area contributed by atoms with Gasteiger partial charge in [0.05, 0.1) is 18.8 Å². The van der Waals surface area contributed by atoms with Crippen molar-refractivity contribution in [2.75, 3.05) is 18.5 Å². The lowest BCUT2D eigenvalue weighted by molar-refractivity contribution is -0.137. The quantitative estimate of drug-likeness (QED) is 0.671. The van der Waals surface area contributed by atoms with Crippen LogP contribution in [0.25, 0.3) is 11.3 Å². The molecule has 0 radical (unpaired) electrons. The molecule has 0 atom stereocenters. The number of aliphatic hydroxyl groups excluding tert-OH is 1. The van der Waals surface area contributed by atoms with E-state index in [4.69, 9.17) is 5.11 Å². The van der Waals surface area contributed by atoms with E-state index in [1.165, 1.54) is 12.1 Å². The number of hydrogen-bond donors (Lipinski definition) is 3. The minimum Gasteiger partial charge on any atom is -0.395 e. The van der Waals surface area contributed by atoms with Gasteiger partial charge in [0.15, 0.2) is 0 Å². The predicted octanol–water partition coefficient (Wildman–Crippen LogP) is 0.0938. The van der Waals surface area contributed by atoms with Gasteiger partial charge in [0.25, 0.3) is 17.4 Å². The maximum Gasteiger partial charge on any atom is 0.277 e. The molecular weight excluding hydrogens is 312 g/mol. The van der Waals surface area contributed by atoms with Crippen LogP contribution in [0.4, 0.5) is 5.69 Å². The van der Waals surface area contributed by atoms with Crippen LogP contribution in [0.3, 0.4) is 0 Å². The van der Waals surface area contributed by atoms with Crippen LogP contribution in [-0.4, -0.2) is 45.2 Å². The Morgan fingerprint density at radius 3 is 2.46 bits per heavy atom. The van der Waals surface area contributed by atoms with Gasteiger partial charge in [-0.3, -0.25) is 19.3 Å². The van der Waals surface area contributed by atoms with Gasteiger partial charge >= 0.3 is 0 Å². The summed E-state index contributed by atoms with van der Waals surface area (Å²) in [7, 11) is 0. The average molecular weight is 326 g/mol. The Labute approximate surface area is 136 Å². The number of nitrogens with zero attached hydrogens (tertiary/aromatic N) is 2. The first-order chi connectivity index (χ1) is 11.6. The largest absolute Gasteiger partial charge is 0.395 e. The van der Waals surface area contributed by atoms with Gasteiger partial charge in [-0.15, -0.1) is 0 Å². The maximum absolute atomic E-state index is 12.1. The highest BCUT2D eigenvalue weighted by Gasteiger charge is 2.30. The summed E-state index contributed by atoms with van der Waals surface area (Å²) in [4.78, 5) is 35.7. The van der Waals surface area contributed by atoms with Crippen LogP contribution >= 0.6 is 0 Å². The van der Waals surface area contributed by atoms with Gasteiger partial charge in [-0.1, -0.05) is 12.1 Å².